The van der Waals surface area contributed by atoms with E-state index >= 15 is 0 Å². The molecule has 1 N–H and O–H groups in total. The summed E-state index contributed by atoms with van der Waals surface area (Å²) >= 11 is 5.97. The number of nitrogens with one attached hydrogen (secondary N) is 1. The van der Waals surface area contributed by atoms with E-state index in [2.05, 4.69) is 31.0 Å². The Bertz CT molecular complexity index is 105. The van der Waals surface area contributed by atoms with Crippen molar-refractivity contribution in [2.45, 2.75) is 32.6 Å². The van der Waals surface area contributed by atoms with Gasteiger partial charge in [-0.15, -0.1) is 11.6 Å². The maximum absolute atomic E-state index is 5.97. The summed E-state index contributed by atoms with van der Waals surface area (Å²) < 4.78 is 0. The SMILES string of the molecule is CCC(Cl)CNCCN(CC)CC. The molecule has 0 heterocycles. The van der Waals surface area contributed by atoms with E-state index in [1.54, 1.807) is 0 Å². The molecule has 0 saturated carbocycles. The molecule has 0 aromatic rings. The number of rotatable bonds is 8. The molecule has 1 unspecified atom stereocenters. The molecule has 0 spiro atoms. The van der Waals surface area contributed by atoms with Gasteiger partial charge in [-0.2, -0.15) is 0 Å². The molecule has 3 heteroatoms. The third kappa shape index (κ3) is 7.29. The fourth-order valence-corrected chi connectivity index (χ4v) is 1.29. The zero-order valence-corrected chi connectivity index (χ0v) is 9.90. The van der Waals surface area contributed by atoms with Gasteiger partial charge in [0.2, 0.25) is 0 Å². The average Bonchev–Trinajstić information content (AvgIpc) is 2.18. The summed E-state index contributed by atoms with van der Waals surface area (Å²) in [6.45, 7) is 11.9. The molecule has 0 saturated heterocycles. The minimum atomic E-state index is 0.289. The van der Waals surface area contributed by atoms with Crippen molar-refractivity contribution < 1.29 is 0 Å². The largest absolute Gasteiger partial charge is 0.314 e. The number of nitrogens with zero attached hydrogens (tertiary/aromatic N) is 1. The molecule has 0 bridgehead atoms. The van der Waals surface area contributed by atoms with Crippen LogP contribution >= 0.6 is 11.6 Å². The summed E-state index contributed by atoms with van der Waals surface area (Å²) in [5.74, 6) is 0. The van der Waals surface area contributed by atoms with Crippen LogP contribution in [0.15, 0.2) is 0 Å². The van der Waals surface area contributed by atoms with Crippen LogP contribution in [0.5, 0.6) is 0 Å². The lowest BCUT2D eigenvalue weighted by molar-refractivity contribution is 0.302. The van der Waals surface area contributed by atoms with Gasteiger partial charge in [-0.05, 0) is 19.5 Å². The Morgan fingerprint density at radius 1 is 1.23 bits per heavy atom. The number of hydrogen-bond donors (Lipinski definition) is 1. The highest BCUT2D eigenvalue weighted by Gasteiger charge is 2.01. The van der Waals surface area contributed by atoms with Crippen molar-refractivity contribution in [2.75, 3.05) is 32.7 Å². The Labute approximate surface area is 87.6 Å². The summed E-state index contributed by atoms with van der Waals surface area (Å²) in [6.07, 6.45) is 1.04. The van der Waals surface area contributed by atoms with E-state index < -0.39 is 0 Å². The Hall–Kier alpha value is 0.210. The second-order valence-electron chi connectivity index (χ2n) is 3.24. The van der Waals surface area contributed by atoms with Crippen LogP contribution in [-0.2, 0) is 0 Å². The summed E-state index contributed by atoms with van der Waals surface area (Å²) in [7, 11) is 0. The lowest BCUT2D eigenvalue weighted by Gasteiger charge is -2.18. The Morgan fingerprint density at radius 2 is 1.85 bits per heavy atom. The van der Waals surface area contributed by atoms with Crippen LogP contribution in [0.25, 0.3) is 0 Å². The lowest BCUT2D eigenvalue weighted by Crippen LogP contribution is -2.34. The van der Waals surface area contributed by atoms with E-state index in [1.807, 2.05) is 0 Å². The summed E-state index contributed by atoms with van der Waals surface area (Å²) in [6, 6.07) is 0. The van der Waals surface area contributed by atoms with E-state index in [1.165, 1.54) is 0 Å². The predicted molar refractivity (Wildman–Crippen MR) is 60.6 cm³/mol. The molecule has 0 fully saturated rings. The van der Waals surface area contributed by atoms with Gasteiger partial charge >= 0.3 is 0 Å². The first-order valence-electron chi connectivity index (χ1n) is 5.31. The monoisotopic (exact) mass is 206 g/mol. The van der Waals surface area contributed by atoms with Crippen LogP contribution in [-0.4, -0.2) is 43.0 Å². The molecule has 0 aliphatic carbocycles. The molecule has 0 radical (unpaired) electrons. The van der Waals surface area contributed by atoms with Crippen molar-refractivity contribution in [1.82, 2.24) is 10.2 Å². The minimum absolute atomic E-state index is 0.289. The normalized spacial score (nSPS) is 13.6. The van der Waals surface area contributed by atoms with Crippen LogP contribution in [0.1, 0.15) is 27.2 Å². The molecule has 0 aliphatic heterocycles. The highest BCUT2D eigenvalue weighted by atomic mass is 35.5. The highest BCUT2D eigenvalue weighted by molar-refractivity contribution is 6.20. The standard InChI is InChI=1S/C10H23ClN2/c1-4-10(11)9-12-7-8-13(5-2)6-3/h10,12H,4-9H2,1-3H3. The summed E-state index contributed by atoms with van der Waals surface area (Å²) in [5.41, 5.74) is 0. The smallest absolute Gasteiger partial charge is 0.0458 e. The lowest BCUT2D eigenvalue weighted by atomic mass is 10.3. The maximum atomic E-state index is 5.97. The number of alkyl halides is 1. The van der Waals surface area contributed by atoms with Crippen LogP contribution in [0.4, 0.5) is 0 Å². The van der Waals surface area contributed by atoms with Gasteiger partial charge in [-0.3, -0.25) is 0 Å². The molecule has 0 aromatic heterocycles. The molecule has 0 rings (SSSR count). The van der Waals surface area contributed by atoms with E-state index in [4.69, 9.17) is 11.6 Å². The molecule has 0 aliphatic rings. The van der Waals surface area contributed by atoms with Gasteiger partial charge in [-0.25, -0.2) is 0 Å². The summed E-state index contributed by atoms with van der Waals surface area (Å²) in [4.78, 5) is 2.40. The Balaban J connectivity index is 3.23. The quantitative estimate of drug-likeness (QED) is 0.483. The first kappa shape index (κ1) is 13.2. The van der Waals surface area contributed by atoms with Crippen LogP contribution in [0.3, 0.4) is 0 Å². The van der Waals surface area contributed by atoms with Crippen molar-refractivity contribution in [3.05, 3.63) is 0 Å². The number of hydrogen-bond acceptors (Lipinski definition) is 2. The zero-order chi connectivity index (χ0) is 10.1. The average molecular weight is 207 g/mol. The van der Waals surface area contributed by atoms with Crippen molar-refractivity contribution in [3.63, 3.8) is 0 Å². The van der Waals surface area contributed by atoms with Crippen molar-refractivity contribution in [1.29, 1.82) is 0 Å². The Kier molecular flexibility index (Phi) is 8.93. The minimum Gasteiger partial charge on any atom is -0.314 e. The van der Waals surface area contributed by atoms with E-state index in [9.17, 15) is 0 Å². The van der Waals surface area contributed by atoms with Gasteiger partial charge in [0.15, 0.2) is 0 Å². The first-order chi connectivity index (χ1) is 6.24. The molecular formula is C10H23ClN2. The van der Waals surface area contributed by atoms with Gasteiger partial charge in [-0.1, -0.05) is 20.8 Å². The fraction of sp³-hybridized carbons (Fsp3) is 1.00. The molecular weight excluding hydrogens is 184 g/mol. The first-order valence-corrected chi connectivity index (χ1v) is 5.75. The number of likely N-dealkylation sites (N-methyl/N-ethyl adjacent to an activating group) is 1. The zero-order valence-electron chi connectivity index (χ0n) is 9.15. The Morgan fingerprint density at radius 3 is 2.31 bits per heavy atom. The van der Waals surface area contributed by atoms with Gasteiger partial charge in [0.1, 0.15) is 0 Å². The fourth-order valence-electron chi connectivity index (χ4n) is 1.18. The van der Waals surface area contributed by atoms with Gasteiger partial charge in [0.05, 0.1) is 0 Å². The van der Waals surface area contributed by atoms with Crippen molar-refractivity contribution in [2.24, 2.45) is 0 Å². The topological polar surface area (TPSA) is 15.3 Å². The second-order valence-corrected chi connectivity index (χ2v) is 3.85. The predicted octanol–water partition coefficient (Wildman–Crippen LogP) is 1.94. The van der Waals surface area contributed by atoms with Crippen LogP contribution in [0, 0.1) is 0 Å². The third-order valence-corrected chi connectivity index (χ3v) is 2.77. The third-order valence-electron chi connectivity index (χ3n) is 2.31. The van der Waals surface area contributed by atoms with Crippen molar-refractivity contribution in [3.8, 4) is 0 Å². The van der Waals surface area contributed by atoms with Gasteiger partial charge < -0.3 is 10.2 Å². The van der Waals surface area contributed by atoms with Crippen LogP contribution in [0.2, 0.25) is 0 Å². The van der Waals surface area contributed by atoms with Gasteiger partial charge in [0.25, 0.3) is 0 Å². The van der Waals surface area contributed by atoms with E-state index in [-0.39, 0.29) is 5.38 Å². The molecule has 80 valence electrons. The molecule has 0 amide bonds. The summed E-state index contributed by atoms with van der Waals surface area (Å²) in [5, 5.41) is 3.65. The van der Waals surface area contributed by atoms with Crippen molar-refractivity contribution >= 4 is 11.6 Å². The maximum Gasteiger partial charge on any atom is 0.0458 e. The molecule has 1 atom stereocenters. The highest BCUT2D eigenvalue weighted by Crippen LogP contribution is 1.97. The van der Waals surface area contributed by atoms with Gasteiger partial charge in [0, 0.05) is 25.0 Å². The van der Waals surface area contributed by atoms with Crippen LogP contribution < -0.4 is 5.32 Å². The second kappa shape index (κ2) is 8.79. The molecule has 2 nitrogen and oxygen atoms in total. The molecule has 13 heavy (non-hydrogen) atoms. The molecule has 0 aromatic carbocycles. The van der Waals surface area contributed by atoms with E-state index in [0.717, 1.165) is 39.1 Å². The number of halogens is 1. The van der Waals surface area contributed by atoms with E-state index in [0.29, 0.717) is 0 Å².